The largest absolute Gasteiger partial charge is 0.367 e. The molecule has 3 heterocycles. The molecule has 0 amide bonds. The summed E-state index contributed by atoms with van der Waals surface area (Å²) in [4.78, 5) is 7.29. The average Bonchev–Trinajstić information content (AvgIpc) is 2.48. The predicted octanol–water partition coefficient (Wildman–Crippen LogP) is 3.68. The highest BCUT2D eigenvalue weighted by Crippen LogP contribution is 2.40. The molecule has 108 valence electrons. The van der Waals surface area contributed by atoms with Gasteiger partial charge in [-0.05, 0) is 44.6 Å². The highest BCUT2D eigenvalue weighted by atomic mass is 32.2. The van der Waals surface area contributed by atoms with Crippen LogP contribution in [-0.4, -0.2) is 22.8 Å². The number of nitriles is 1. The molecular weight excluding hydrogens is 278 g/mol. The number of rotatable bonds is 2. The molecule has 2 aliphatic heterocycles. The molecule has 4 rings (SSSR count). The fraction of sp³-hybridized carbons (Fsp3) is 0.529. The second kappa shape index (κ2) is 5.38. The van der Waals surface area contributed by atoms with E-state index in [4.69, 9.17) is 4.98 Å². The van der Waals surface area contributed by atoms with E-state index < -0.39 is 0 Å². The third-order valence-electron chi connectivity index (χ3n) is 4.81. The molecule has 0 radical (unpaired) electrons. The van der Waals surface area contributed by atoms with Crippen LogP contribution in [0.1, 0.15) is 43.4 Å². The van der Waals surface area contributed by atoms with Crippen LogP contribution >= 0.6 is 11.8 Å². The molecule has 4 heteroatoms. The smallest absolute Gasteiger partial charge is 0.115 e. The molecule has 1 saturated heterocycles. The first kappa shape index (κ1) is 13.2. The van der Waals surface area contributed by atoms with Crippen molar-refractivity contribution in [1.29, 1.82) is 5.26 Å². The van der Waals surface area contributed by atoms with Crippen molar-refractivity contribution >= 4 is 17.4 Å². The van der Waals surface area contributed by atoms with Crippen molar-refractivity contribution in [3.05, 3.63) is 29.5 Å². The van der Waals surface area contributed by atoms with Crippen LogP contribution in [0.2, 0.25) is 0 Å². The summed E-state index contributed by atoms with van der Waals surface area (Å²) in [5.41, 5.74) is 3.18. The summed E-state index contributed by atoms with van der Waals surface area (Å²) in [5, 5.41) is 10.9. The molecule has 1 aromatic heterocycles. The van der Waals surface area contributed by atoms with Crippen molar-refractivity contribution in [3.63, 3.8) is 0 Å². The third kappa shape index (κ3) is 2.34. The van der Waals surface area contributed by atoms with Crippen molar-refractivity contribution in [2.75, 3.05) is 11.4 Å². The van der Waals surface area contributed by atoms with Crippen LogP contribution in [0.4, 0.5) is 5.69 Å². The van der Waals surface area contributed by atoms with Gasteiger partial charge in [0.05, 0.1) is 16.9 Å². The second-order valence-corrected chi connectivity index (χ2v) is 7.34. The van der Waals surface area contributed by atoms with Gasteiger partial charge in [-0.25, -0.2) is 4.98 Å². The van der Waals surface area contributed by atoms with Gasteiger partial charge in [-0.3, -0.25) is 0 Å². The van der Waals surface area contributed by atoms with Crippen molar-refractivity contribution in [3.8, 4) is 6.07 Å². The number of aryl methyl sites for hydroxylation is 1. The van der Waals surface area contributed by atoms with Crippen LogP contribution in [-0.2, 0) is 6.42 Å². The first-order valence-corrected chi connectivity index (χ1v) is 8.77. The lowest BCUT2D eigenvalue weighted by Crippen LogP contribution is -2.50. The molecule has 0 saturated carbocycles. The molecule has 21 heavy (non-hydrogen) atoms. The Bertz CT molecular complexity index is 632. The number of thioether (sulfide) groups is 1. The van der Waals surface area contributed by atoms with Crippen molar-refractivity contribution in [2.45, 2.75) is 54.8 Å². The summed E-state index contributed by atoms with van der Waals surface area (Å²) in [7, 11) is 0. The van der Waals surface area contributed by atoms with E-state index in [1.54, 1.807) is 11.8 Å². The number of allylic oxidation sites excluding steroid dienone is 1. The van der Waals surface area contributed by atoms with Crippen LogP contribution in [0, 0.1) is 11.3 Å². The van der Waals surface area contributed by atoms with Gasteiger partial charge in [0.15, 0.2) is 0 Å². The lowest BCUT2D eigenvalue weighted by atomic mass is 9.90. The Morgan fingerprint density at radius 1 is 1.33 bits per heavy atom. The highest BCUT2D eigenvalue weighted by Gasteiger charge is 2.34. The standard InChI is InChI=1S/C17H19N3S/c18-11-12-10-16-15(7-6-13-8-9-20(13)16)19-17(12)21-14-4-2-1-3-5-14/h2,4,10,13-14H,1,3,5-9H2. The Morgan fingerprint density at radius 3 is 3.00 bits per heavy atom. The number of hydrogen-bond donors (Lipinski definition) is 0. The Labute approximate surface area is 130 Å². The zero-order chi connectivity index (χ0) is 14.2. The fourth-order valence-electron chi connectivity index (χ4n) is 3.51. The monoisotopic (exact) mass is 297 g/mol. The van der Waals surface area contributed by atoms with Crippen LogP contribution < -0.4 is 4.90 Å². The van der Waals surface area contributed by atoms with E-state index in [0.29, 0.717) is 11.3 Å². The van der Waals surface area contributed by atoms with Crippen LogP contribution in [0.25, 0.3) is 0 Å². The maximum Gasteiger partial charge on any atom is 0.115 e. The number of aromatic nitrogens is 1. The summed E-state index contributed by atoms with van der Waals surface area (Å²) in [6.45, 7) is 1.13. The Morgan fingerprint density at radius 2 is 2.29 bits per heavy atom. The molecule has 3 nitrogen and oxygen atoms in total. The lowest BCUT2D eigenvalue weighted by molar-refractivity contribution is 0.402. The summed E-state index contributed by atoms with van der Waals surface area (Å²) in [5.74, 6) is 0. The molecule has 0 N–H and O–H groups in total. The van der Waals surface area contributed by atoms with Gasteiger partial charge in [0.1, 0.15) is 11.1 Å². The number of anilines is 1. The third-order valence-corrected chi connectivity index (χ3v) is 6.04. The molecule has 3 aliphatic rings. The molecule has 2 unspecified atom stereocenters. The van der Waals surface area contributed by atoms with Gasteiger partial charge >= 0.3 is 0 Å². The van der Waals surface area contributed by atoms with Gasteiger partial charge < -0.3 is 4.90 Å². The van der Waals surface area contributed by atoms with Crippen molar-refractivity contribution in [2.24, 2.45) is 0 Å². The Kier molecular flexibility index (Phi) is 3.39. The van der Waals surface area contributed by atoms with E-state index in [1.807, 2.05) is 0 Å². The minimum atomic E-state index is 0.483. The minimum Gasteiger partial charge on any atom is -0.367 e. The molecular formula is C17H19N3S. The molecule has 2 atom stereocenters. The minimum absolute atomic E-state index is 0.483. The summed E-state index contributed by atoms with van der Waals surface area (Å²) >= 11 is 1.77. The summed E-state index contributed by atoms with van der Waals surface area (Å²) < 4.78 is 0. The van der Waals surface area contributed by atoms with Crippen LogP contribution in [0.3, 0.4) is 0 Å². The summed E-state index contributed by atoms with van der Waals surface area (Å²) in [6, 6.07) is 5.15. The zero-order valence-electron chi connectivity index (χ0n) is 12.1. The molecule has 1 aromatic rings. The Balaban J connectivity index is 1.66. The van der Waals surface area contributed by atoms with Gasteiger partial charge in [-0.2, -0.15) is 5.26 Å². The van der Waals surface area contributed by atoms with E-state index in [2.05, 4.69) is 29.2 Å². The van der Waals surface area contributed by atoms with Gasteiger partial charge in [-0.1, -0.05) is 23.9 Å². The molecule has 1 fully saturated rings. The van der Waals surface area contributed by atoms with Crippen molar-refractivity contribution < 1.29 is 0 Å². The predicted molar refractivity (Wildman–Crippen MR) is 85.7 cm³/mol. The quantitative estimate of drug-likeness (QED) is 0.781. The zero-order valence-corrected chi connectivity index (χ0v) is 12.9. The normalized spacial score (nSPS) is 26.5. The van der Waals surface area contributed by atoms with E-state index in [9.17, 15) is 5.26 Å². The number of hydrogen-bond acceptors (Lipinski definition) is 4. The van der Waals surface area contributed by atoms with E-state index in [0.717, 1.165) is 23.6 Å². The maximum atomic E-state index is 9.48. The summed E-state index contributed by atoms with van der Waals surface area (Å²) in [6.07, 6.45) is 11.8. The Hall–Kier alpha value is -1.47. The van der Waals surface area contributed by atoms with Gasteiger partial charge in [0.2, 0.25) is 0 Å². The maximum absolute atomic E-state index is 9.48. The lowest BCUT2D eigenvalue weighted by Gasteiger charge is -2.46. The number of pyridine rings is 1. The topological polar surface area (TPSA) is 39.9 Å². The number of nitrogens with zero attached hydrogens (tertiary/aromatic N) is 3. The van der Waals surface area contributed by atoms with E-state index in [1.165, 1.54) is 43.5 Å². The van der Waals surface area contributed by atoms with Crippen LogP contribution in [0.15, 0.2) is 23.2 Å². The van der Waals surface area contributed by atoms with E-state index in [-0.39, 0.29) is 0 Å². The SMILES string of the molecule is N#Cc1cc2c(nc1SC1C=CCCC1)CCC1CCN21. The second-order valence-electron chi connectivity index (χ2n) is 6.11. The van der Waals surface area contributed by atoms with Gasteiger partial charge in [0, 0.05) is 17.8 Å². The highest BCUT2D eigenvalue weighted by molar-refractivity contribution is 8.00. The van der Waals surface area contributed by atoms with Crippen LogP contribution in [0.5, 0.6) is 0 Å². The van der Waals surface area contributed by atoms with Gasteiger partial charge in [-0.15, -0.1) is 0 Å². The van der Waals surface area contributed by atoms with Gasteiger partial charge in [0.25, 0.3) is 0 Å². The molecule has 0 bridgehead atoms. The van der Waals surface area contributed by atoms with Crippen molar-refractivity contribution in [1.82, 2.24) is 4.98 Å². The first-order valence-electron chi connectivity index (χ1n) is 7.89. The number of fused-ring (bicyclic) bond motifs is 3. The molecule has 0 spiro atoms. The molecule has 0 aromatic carbocycles. The molecule has 1 aliphatic carbocycles. The van der Waals surface area contributed by atoms with E-state index >= 15 is 0 Å². The fourth-order valence-corrected chi connectivity index (χ4v) is 4.66. The first-order chi connectivity index (χ1) is 10.3. The average molecular weight is 297 g/mol.